The lowest BCUT2D eigenvalue weighted by Gasteiger charge is -2.60. The predicted molar refractivity (Wildman–Crippen MR) is 177 cm³/mol. The molecule has 8 nitrogen and oxygen atoms in total. The number of ketones is 5. The molecule has 0 heterocycles. The molecule has 8 aliphatic rings. The third kappa shape index (κ3) is 4.66. The molecule has 7 saturated carbocycles. The van der Waals surface area contributed by atoms with Crippen LogP contribution in [0.25, 0.3) is 0 Å². The van der Waals surface area contributed by atoms with E-state index in [1.807, 2.05) is 13.8 Å². The van der Waals surface area contributed by atoms with Gasteiger partial charge in [-0.2, -0.15) is 0 Å². The summed E-state index contributed by atoms with van der Waals surface area (Å²) in [6.07, 6.45) is 12.1. The van der Waals surface area contributed by atoms with Crippen molar-refractivity contribution in [2.75, 3.05) is 6.61 Å². The van der Waals surface area contributed by atoms with Gasteiger partial charge in [-0.1, -0.05) is 33.3 Å². The fraction of sp³-hybridized carbons (Fsp3) is 0.825. The first kappa shape index (κ1) is 34.4. The minimum absolute atomic E-state index is 0.000871. The fourth-order valence-corrected chi connectivity index (χ4v) is 13.9. The van der Waals surface area contributed by atoms with Gasteiger partial charge in [-0.05, 0) is 117 Å². The molecule has 8 heteroatoms. The predicted octanol–water partition coefficient (Wildman–Crippen LogP) is 5.13. The Morgan fingerprint density at radius 1 is 0.833 bits per heavy atom. The molecular formula is C40H56O8. The Kier molecular flexibility index (Phi) is 8.24. The minimum atomic E-state index is -1.54. The van der Waals surface area contributed by atoms with E-state index in [0.29, 0.717) is 80.0 Å². The molecular weight excluding hydrogens is 608 g/mol. The van der Waals surface area contributed by atoms with Gasteiger partial charge >= 0.3 is 0 Å². The van der Waals surface area contributed by atoms with Gasteiger partial charge in [0.05, 0.1) is 6.10 Å². The number of carbonyl (C=O) groups is 5. The Morgan fingerprint density at radius 3 is 2.31 bits per heavy atom. The molecule has 0 aromatic rings. The highest BCUT2D eigenvalue weighted by Crippen LogP contribution is 2.68. The van der Waals surface area contributed by atoms with Crippen molar-refractivity contribution in [1.82, 2.24) is 0 Å². The summed E-state index contributed by atoms with van der Waals surface area (Å²) in [4.78, 5) is 61.5. The normalized spacial score (nSPS) is 50.9. The summed E-state index contributed by atoms with van der Waals surface area (Å²) in [6, 6.07) is 0. The van der Waals surface area contributed by atoms with Crippen molar-refractivity contribution in [3.05, 3.63) is 11.6 Å². The molecule has 0 aliphatic heterocycles. The SMILES string of the molecule is C[C@]12CCC(=O)C=C1CCC1C2[C@@H](O)C[C@@]2(C)C1CC[C@]2(O)C(=O)CO.C[C@]12CCC(=O)CC1CCC1C2C(=O)C[C@]2(C)C(=O)CCC12. The van der Waals surface area contributed by atoms with Crippen molar-refractivity contribution in [1.29, 1.82) is 0 Å². The van der Waals surface area contributed by atoms with Crippen LogP contribution in [0.1, 0.15) is 124 Å². The maximum atomic E-state index is 13.0. The first-order valence-corrected chi connectivity index (χ1v) is 18.9. The summed E-state index contributed by atoms with van der Waals surface area (Å²) in [5.74, 6) is 2.43. The van der Waals surface area contributed by atoms with Gasteiger partial charge in [0, 0.05) is 48.9 Å². The Balaban J connectivity index is 0.000000154. The number of carbonyl (C=O) groups excluding carboxylic acids is 5. The number of fused-ring (bicyclic) bond motifs is 10. The van der Waals surface area contributed by atoms with Gasteiger partial charge in [0.25, 0.3) is 0 Å². The van der Waals surface area contributed by atoms with Crippen LogP contribution < -0.4 is 0 Å². The van der Waals surface area contributed by atoms with Crippen molar-refractivity contribution in [2.45, 2.75) is 136 Å². The van der Waals surface area contributed by atoms with Crippen molar-refractivity contribution in [3.63, 3.8) is 0 Å². The third-order valence-corrected chi connectivity index (χ3v) is 16.5. The highest BCUT2D eigenvalue weighted by molar-refractivity contribution is 5.95. The molecule has 0 aromatic heterocycles. The largest absolute Gasteiger partial charge is 0.393 e. The highest BCUT2D eigenvalue weighted by atomic mass is 16.3. The molecule has 7 fully saturated rings. The van der Waals surface area contributed by atoms with E-state index in [-0.39, 0.29) is 45.7 Å². The summed E-state index contributed by atoms with van der Waals surface area (Å²) < 4.78 is 0. The van der Waals surface area contributed by atoms with Gasteiger partial charge in [0.1, 0.15) is 29.6 Å². The first-order chi connectivity index (χ1) is 22.5. The zero-order valence-electron chi connectivity index (χ0n) is 29.4. The lowest BCUT2D eigenvalue weighted by atomic mass is 9.45. The Labute approximate surface area is 284 Å². The second-order valence-corrected chi connectivity index (χ2v) is 18.4. The molecule has 0 aromatic carbocycles. The third-order valence-electron chi connectivity index (χ3n) is 16.5. The maximum absolute atomic E-state index is 13.0. The first-order valence-electron chi connectivity index (χ1n) is 18.9. The Hall–Kier alpha value is -2.03. The molecule has 13 atom stereocenters. The molecule has 0 spiro atoms. The monoisotopic (exact) mass is 664 g/mol. The van der Waals surface area contributed by atoms with Crippen LogP contribution in [0.4, 0.5) is 0 Å². The van der Waals surface area contributed by atoms with Gasteiger partial charge < -0.3 is 15.3 Å². The van der Waals surface area contributed by atoms with Crippen molar-refractivity contribution in [3.8, 4) is 0 Å². The number of allylic oxidation sites excluding steroid dienone is 1. The van der Waals surface area contributed by atoms with E-state index >= 15 is 0 Å². The average molecular weight is 665 g/mol. The van der Waals surface area contributed by atoms with E-state index in [0.717, 1.165) is 51.4 Å². The van der Waals surface area contributed by atoms with Crippen molar-refractivity contribution < 1.29 is 39.3 Å². The van der Waals surface area contributed by atoms with E-state index in [1.54, 1.807) is 6.08 Å². The Morgan fingerprint density at radius 2 is 1.58 bits per heavy atom. The molecule has 3 N–H and O–H groups in total. The van der Waals surface area contributed by atoms with Gasteiger partial charge in [-0.3, -0.25) is 24.0 Å². The number of rotatable bonds is 2. The van der Waals surface area contributed by atoms with Crippen LogP contribution in [-0.4, -0.2) is 62.5 Å². The van der Waals surface area contributed by atoms with E-state index < -0.39 is 29.5 Å². The molecule has 0 saturated heterocycles. The van der Waals surface area contributed by atoms with Gasteiger partial charge in [-0.15, -0.1) is 0 Å². The lowest BCUT2D eigenvalue weighted by molar-refractivity contribution is -0.182. The quantitative estimate of drug-likeness (QED) is 0.369. The maximum Gasteiger partial charge on any atom is 0.190 e. The Bertz CT molecular complexity index is 1460. The van der Waals surface area contributed by atoms with E-state index in [4.69, 9.17) is 0 Å². The molecule has 0 amide bonds. The topological polar surface area (TPSA) is 146 Å². The molecule has 0 radical (unpaired) electrons. The molecule has 8 aliphatic carbocycles. The van der Waals surface area contributed by atoms with Gasteiger partial charge in [0.2, 0.25) is 0 Å². The van der Waals surface area contributed by atoms with Crippen LogP contribution in [0.2, 0.25) is 0 Å². The summed E-state index contributed by atoms with van der Waals surface area (Å²) in [6.45, 7) is 7.76. The molecule has 48 heavy (non-hydrogen) atoms. The number of aliphatic hydroxyl groups excluding tert-OH is 2. The molecule has 8 rings (SSSR count). The zero-order chi connectivity index (χ0) is 34.6. The number of hydrogen-bond acceptors (Lipinski definition) is 8. The zero-order valence-corrected chi connectivity index (χ0v) is 29.4. The van der Waals surface area contributed by atoms with E-state index in [2.05, 4.69) is 13.8 Å². The fourth-order valence-electron chi connectivity index (χ4n) is 13.9. The van der Waals surface area contributed by atoms with Crippen LogP contribution in [0.15, 0.2) is 11.6 Å². The number of aliphatic hydroxyl groups is 3. The molecule has 0 bridgehead atoms. The van der Waals surface area contributed by atoms with Crippen LogP contribution in [0.3, 0.4) is 0 Å². The smallest absolute Gasteiger partial charge is 0.190 e. The standard InChI is InChI=1S/C21H30O5.C19H26O3/c1-19-7-5-13(23)9-12(19)3-4-14-15-6-8-21(26,17(25)11-22)20(15,2)10-16(24)18(14)19;1-18-8-7-12(20)9-11(18)3-4-13-14-5-6-16(22)19(14,2)10-15(21)17(13)18/h9,14-16,18,22,24,26H,3-8,10-11H2,1-2H3;11,13-14,17H,3-10H2,1-2H3/t14?,15?,16-,18?,19-,20-,21-;11?,13?,14?,17?,18-,19-/m00/s1. The van der Waals surface area contributed by atoms with Crippen molar-refractivity contribution >= 4 is 28.9 Å². The van der Waals surface area contributed by atoms with Gasteiger partial charge in [0.15, 0.2) is 11.6 Å². The number of hydrogen-bond donors (Lipinski definition) is 3. The molecule has 264 valence electrons. The lowest BCUT2D eigenvalue weighted by Crippen LogP contribution is -2.62. The summed E-state index contributed by atoms with van der Waals surface area (Å²) >= 11 is 0. The highest BCUT2D eigenvalue weighted by Gasteiger charge is 2.68. The second kappa shape index (κ2) is 11.5. The average Bonchev–Trinajstić information content (AvgIpc) is 3.48. The summed E-state index contributed by atoms with van der Waals surface area (Å²) in [5.41, 5.74) is -1.61. The van der Waals surface area contributed by atoms with Crippen LogP contribution in [0.5, 0.6) is 0 Å². The van der Waals surface area contributed by atoms with E-state index in [9.17, 15) is 39.3 Å². The summed E-state index contributed by atoms with van der Waals surface area (Å²) in [7, 11) is 0. The second-order valence-electron chi connectivity index (χ2n) is 18.4. The minimum Gasteiger partial charge on any atom is -0.393 e. The van der Waals surface area contributed by atoms with Crippen LogP contribution >= 0.6 is 0 Å². The van der Waals surface area contributed by atoms with E-state index in [1.165, 1.54) is 5.57 Å². The van der Waals surface area contributed by atoms with Crippen LogP contribution in [0, 0.1) is 63.1 Å². The van der Waals surface area contributed by atoms with Gasteiger partial charge in [-0.25, -0.2) is 0 Å². The number of Topliss-reactive ketones (excluding diaryl/α,β-unsaturated/α-hetero) is 4. The molecule has 7 unspecified atom stereocenters. The van der Waals surface area contributed by atoms with Crippen molar-refractivity contribution in [2.24, 2.45) is 63.1 Å². The van der Waals surface area contributed by atoms with Crippen LogP contribution in [-0.2, 0) is 24.0 Å². The summed E-state index contributed by atoms with van der Waals surface area (Å²) in [5, 5.41) is 31.7.